The van der Waals surface area contributed by atoms with Gasteiger partial charge in [0.25, 0.3) is 0 Å². The van der Waals surface area contributed by atoms with Gasteiger partial charge in [0.2, 0.25) is 0 Å². The predicted octanol–water partition coefficient (Wildman–Crippen LogP) is 6.11. The number of benzene rings is 2. The molecule has 0 aliphatic carbocycles. The predicted molar refractivity (Wildman–Crippen MR) is 85.6 cm³/mol. The van der Waals surface area contributed by atoms with Crippen molar-refractivity contribution in [3.05, 3.63) is 81.9 Å². The summed E-state index contributed by atoms with van der Waals surface area (Å²) in [7, 11) is 0. The van der Waals surface area contributed by atoms with Crippen LogP contribution < -0.4 is 0 Å². The first-order valence-corrected chi connectivity index (χ1v) is 6.84. The molecule has 2 rings (SSSR count). The van der Waals surface area contributed by atoms with Crippen molar-refractivity contribution in [3.63, 3.8) is 0 Å². The second kappa shape index (κ2) is 7.18. The summed E-state index contributed by atoms with van der Waals surface area (Å²) in [6.45, 7) is 0. The van der Waals surface area contributed by atoms with Crippen LogP contribution in [0, 0.1) is 0 Å². The van der Waals surface area contributed by atoms with Gasteiger partial charge in [-0.3, -0.25) is 0 Å². The second-order valence-corrected chi connectivity index (χ2v) is 5.02. The Morgan fingerprint density at radius 2 is 1.21 bits per heavy atom. The Balaban J connectivity index is 1.90. The molecule has 0 aromatic heterocycles. The van der Waals surface area contributed by atoms with E-state index in [0.717, 1.165) is 27.6 Å². The maximum absolute atomic E-state index is 5.92. The van der Waals surface area contributed by atoms with Crippen LogP contribution in [0.3, 0.4) is 0 Å². The van der Waals surface area contributed by atoms with E-state index in [9.17, 15) is 0 Å². The summed E-state index contributed by atoms with van der Waals surface area (Å²) in [5.74, 6) is 0. The number of hydrogen-bond acceptors (Lipinski definition) is 0. The summed E-state index contributed by atoms with van der Waals surface area (Å²) in [6.07, 6.45) is 9.21. The van der Waals surface area contributed by atoms with E-state index in [4.69, 9.17) is 23.2 Å². The van der Waals surface area contributed by atoms with Crippen molar-refractivity contribution in [2.24, 2.45) is 0 Å². The van der Waals surface area contributed by atoms with Gasteiger partial charge in [-0.05, 0) is 41.8 Å². The zero-order chi connectivity index (χ0) is 13.5. The molecule has 96 valence electrons. The lowest BCUT2D eigenvalue weighted by atomic mass is 10.1. The van der Waals surface area contributed by atoms with Crippen molar-refractivity contribution in [1.29, 1.82) is 0 Å². The van der Waals surface area contributed by atoms with Gasteiger partial charge in [0.1, 0.15) is 0 Å². The molecule has 2 aromatic rings. The first kappa shape index (κ1) is 13.9. The minimum atomic E-state index is 0.761. The van der Waals surface area contributed by atoms with Gasteiger partial charge in [-0.15, -0.1) is 0 Å². The van der Waals surface area contributed by atoms with Crippen molar-refractivity contribution in [1.82, 2.24) is 0 Å². The number of allylic oxidation sites excluding steroid dienone is 2. The molecule has 2 heteroatoms. The lowest BCUT2D eigenvalue weighted by Gasteiger charge is -1.94. The highest BCUT2D eigenvalue weighted by Crippen LogP contribution is 2.13. The highest BCUT2D eigenvalue weighted by atomic mass is 35.5. The van der Waals surface area contributed by atoms with Crippen LogP contribution in [0.15, 0.2) is 60.7 Å². The lowest BCUT2D eigenvalue weighted by Crippen LogP contribution is -1.72. The normalized spacial score (nSPS) is 11.5. The summed E-state index contributed by atoms with van der Waals surface area (Å²) in [6, 6.07) is 15.6. The molecule has 0 nitrogen and oxygen atoms in total. The van der Waals surface area contributed by atoms with E-state index >= 15 is 0 Å². The van der Waals surface area contributed by atoms with Gasteiger partial charge in [-0.2, -0.15) is 0 Å². The molecule has 0 saturated heterocycles. The largest absolute Gasteiger partial charge is 0.0843 e. The van der Waals surface area contributed by atoms with Crippen LogP contribution in [0.1, 0.15) is 17.5 Å². The molecule has 0 unspecified atom stereocenters. The maximum atomic E-state index is 5.92. The minimum Gasteiger partial charge on any atom is -0.0843 e. The van der Waals surface area contributed by atoms with E-state index in [1.54, 1.807) is 0 Å². The van der Waals surface area contributed by atoms with Gasteiger partial charge in [0, 0.05) is 10.0 Å². The first-order valence-electron chi connectivity index (χ1n) is 6.08. The Morgan fingerprint density at radius 1 is 0.737 bits per heavy atom. The zero-order valence-electron chi connectivity index (χ0n) is 10.4. The van der Waals surface area contributed by atoms with Crippen molar-refractivity contribution in [2.75, 3.05) is 0 Å². The van der Waals surface area contributed by atoms with Crippen LogP contribution >= 0.6 is 23.2 Å². The molecular formula is C17H14Cl2. The van der Waals surface area contributed by atoms with E-state index in [2.05, 4.69) is 24.3 Å². The maximum Gasteiger partial charge on any atom is 0.0411 e. The summed E-state index contributed by atoms with van der Waals surface area (Å²) in [4.78, 5) is 0. The molecule has 0 heterocycles. The zero-order valence-corrected chi connectivity index (χ0v) is 11.9. The lowest BCUT2D eigenvalue weighted by molar-refractivity contribution is 1.42. The average molecular weight is 289 g/mol. The van der Waals surface area contributed by atoms with Gasteiger partial charge in [0.15, 0.2) is 0 Å². The van der Waals surface area contributed by atoms with Crippen molar-refractivity contribution < 1.29 is 0 Å². The smallest absolute Gasteiger partial charge is 0.0411 e. The number of halogens is 2. The van der Waals surface area contributed by atoms with Gasteiger partial charge in [0.05, 0.1) is 0 Å². The molecule has 0 saturated carbocycles. The Labute approximate surface area is 124 Å². The third kappa shape index (κ3) is 4.94. The van der Waals surface area contributed by atoms with E-state index in [-0.39, 0.29) is 0 Å². The molecule has 0 aliphatic heterocycles. The van der Waals surface area contributed by atoms with Gasteiger partial charge < -0.3 is 0 Å². The first-order chi connectivity index (χ1) is 9.24. The Bertz CT molecular complexity index is 544. The average Bonchev–Trinajstić information content (AvgIpc) is 2.38. The van der Waals surface area contributed by atoms with E-state index in [1.165, 1.54) is 0 Å². The summed E-state index contributed by atoms with van der Waals surface area (Å²) < 4.78 is 0. The fourth-order valence-corrected chi connectivity index (χ4v) is 2.10. The molecule has 0 fully saturated rings. The van der Waals surface area contributed by atoms with E-state index in [1.807, 2.05) is 48.5 Å². The van der Waals surface area contributed by atoms with Gasteiger partial charge in [-0.1, -0.05) is 71.8 Å². The minimum absolute atomic E-state index is 0.761. The van der Waals surface area contributed by atoms with Crippen molar-refractivity contribution in [3.8, 4) is 0 Å². The van der Waals surface area contributed by atoms with Crippen molar-refractivity contribution in [2.45, 2.75) is 6.42 Å². The van der Waals surface area contributed by atoms with E-state index in [0.29, 0.717) is 0 Å². The highest BCUT2D eigenvalue weighted by Gasteiger charge is 1.89. The SMILES string of the molecule is Clc1cccc(/C=C/C/C=C/c2cccc(Cl)c2)c1. The Morgan fingerprint density at radius 3 is 1.63 bits per heavy atom. The quantitative estimate of drug-likeness (QED) is 0.637. The molecular weight excluding hydrogens is 275 g/mol. The monoisotopic (exact) mass is 288 g/mol. The highest BCUT2D eigenvalue weighted by molar-refractivity contribution is 6.31. The third-order valence-electron chi connectivity index (χ3n) is 2.59. The fourth-order valence-electron chi connectivity index (χ4n) is 1.71. The number of hydrogen-bond donors (Lipinski definition) is 0. The van der Waals surface area contributed by atoms with Crippen LogP contribution in [-0.4, -0.2) is 0 Å². The molecule has 0 aliphatic rings. The summed E-state index contributed by atoms with van der Waals surface area (Å²) in [5, 5.41) is 1.52. The Kier molecular flexibility index (Phi) is 5.26. The van der Waals surface area contributed by atoms with Crippen LogP contribution in [0.4, 0.5) is 0 Å². The number of rotatable bonds is 4. The molecule has 19 heavy (non-hydrogen) atoms. The van der Waals surface area contributed by atoms with Crippen LogP contribution in [0.2, 0.25) is 10.0 Å². The standard InChI is InChI=1S/C17H14Cl2/c18-16-10-4-8-14(12-16)6-2-1-3-7-15-9-5-11-17(19)13-15/h2-13H,1H2/b6-2+,7-3+. The summed E-state index contributed by atoms with van der Waals surface area (Å²) in [5.41, 5.74) is 2.23. The second-order valence-electron chi connectivity index (χ2n) is 4.15. The van der Waals surface area contributed by atoms with Crippen LogP contribution in [0.25, 0.3) is 12.2 Å². The van der Waals surface area contributed by atoms with Crippen LogP contribution in [0.5, 0.6) is 0 Å². The van der Waals surface area contributed by atoms with E-state index < -0.39 is 0 Å². The molecule has 2 aromatic carbocycles. The summed E-state index contributed by atoms with van der Waals surface area (Å²) >= 11 is 11.8. The third-order valence-corrected chi connectivity index (χ3v) is 3.06. The molecule has 0 atom stereocenters. The van der Waals surface area contributed by atoms with Gasteiger partial charge >= 0.3 is 0 Å². The molecule has 0 amide bonds. The fraction of sp³-hybridized carbons (Fsp3) is 0.0588. The molecule has 0 N–H and O–H groups in total. The molecule has 0 bridgehead atoms. The van der Waals surface area contributed by atoms with Gasteiger partial charge in [-0.25, -0.2) is 0 Å². The Hall–Kier alpha value is -1.50. The van der Waals surface area contributed by atoms with Crippen LogP contribution in [-0.2, 0) is 0 Å². The molecule has 0 radical (unpaired) electrons. The molecule has 0 spiro atoms. The van der Waals surface area contributed by atoms with Crippen molar-refractivity contribution >= 4 is 35.4 Å². The topological polar surface area (TPSA) is 0 Å².